The van der Waals surface area contributed by atoms with Crippen LogP contribution in [0.25, 0.3) is 10.6 Å². The lowest BCUT2D eigenvalue weighted by molar-refractivity contribution is -0.147. The Balaban J connectivity index is 1.20. The minimum absolute atomic E-state index is 0.00991. The number of nitrogens with one attached hydrogen (secondary N) is 2. The molecule has 1 aromatic carbocycles. The third kappa shape index (κ3) is 3.88. The van der Waals surface area contributed by atoms with E-state index < -0.39 is 0 Å². The van der Waals surface area contributed by atoms with Gasteiger partial charge in [0.25, 0.3) is 5.91 Å². The zero-order valence-corrected chi connectivity index (χ0v) is 19.3. The van der Waals surface area contributed by atoms with Crippen LogP contribution in [0.2, 0.25) is 0 Å². The Bertz CT molecular complexity index is 1130. The predicted molar refractivity (Wildman–Crippen MR) is 127 cm³/mol. The SMILES string of the molecule is O=C(NNC(=O)C12CC3CC(CC(C3)C1)C2)c1cn(Cc2ccccc2)nc1-c1cccs1. The fourth-order valence-corrected chi connectivity index (χ4v) is 7.46. The highest BCUT2D eigenvalue weighted by atomic mass is 32.1. The second kappa shape index (κ2) is 8.13. The van der Waals surface area contributed by atoms with Crippen LogP contribution in [0.4, 0.5) is 0 Å². The number of hydrogen-bond acceptors (Lipinski definition) is 4. The van der Waals surface area contributed by atoms with Gasteiger partial charge >= 0.3 is 0 Å². The van der Waals surface area contributed by atoms with Gasteiger partial charge in [0, 0.05) is 6.20 Å². The molecule has 0 spiro atoms. The summed E-state index contributed by atoms with van der Waals surface area (Å²) in [5.41, 5.74) is 7.44. The first-order valence-electron chi connectivity index (χ1n) is 11.8. The van der Waals surface area contributed by atoms with Crippen LogP contribution >= 0.6 is 11.3 Å². The number of amides is 2. The Morgan fingerprint density at radius 1 is 0.970 bits per heavy atom. The number of nitrogens with zero attached hydrogens (tertiary/aromatic N) is 2. The third-order valence-electron chi connectivity index (χ3n) is 7.76. The highest BCUT2D eigenvalue weighted by Crippen LogP contribution is 2.60. The maximum Gasteiger partial charge on any atom is 0.273 e. The maximum atomic E-state index is 13.2. The first kappa shape index (κ1) is 20.7. The zero-order chi connectivity index (χ0) is 22.4. The lowest BCUT2D eigenvalue weighted by atomic mass is 9.49. The summed E-state index contributed by atoms with van der Waals surface area (Å²) in [5, 5.41) is 6.68. The molecule has 33 heavy (non-hydrogen) atoms. The molecular formula is C26H28N4O2S. The van der Waals surface area contributed by atoms with Crippen LogP contribution in [0.15, 0.2) is 54.0 Å². The van der Waals surface area contributed by atoms with Gasteiger partial charge in [0.05, 0.1) is 22.4 Å². The highest BCUT2D eigenvalue weighted by molar-refractivity contribution is 7.13. The molecule has 2 N–H and O–H groups in total. The summed E-state index contributed by atoms with van der Waals surface area (Å²) in [5.74, 6) is 1.71. The van der Waals surface area contributed by atoms with Crippen molar-refractivity contribution < 1.29 is 9.59 Å². The topological polar surface area (TPSA) is 76.0 Å². The molecule has 7 rings (SSSR count). The van der Waals surface area contributed by atoms with E-state index in [1.165, 1.54) is 19.3 Å². The van der Waals surface area contributed by atoms with E-state index in [9.17, 15) is 9.59 Å². The van der Waals surface area contributed by atoms with Gasteiger partial charge in [-0.1, -0.05) is 36.4 Å². The fourth-order valence-electron chi connectivity index (χ4n) is 6.74. The van der Waals surface area contributed by atoms with Gasteiger partial charge in [-0.25, -0.2) is 0 Å². The van der Waals surface area contributed by atoms with Gasteiger partial charge in [-0.2, -0.15) is 5.10 Å². The molecule has 2 aromatic heterocycles. The van der Waals surface area contributed by atoms with Crippen molar-refractivity contribution in [1.82, 2.24) is 20.6 Å². The molecule has 0 aliphatic heterocycles. The van der Waals surface area contributed by atoms with Crippen molar-refractivity contribution in [3.63, 3.8) is 0 Å². The molecule has 2 heterocycles. The molecule has 0 unspecified atom stereocenters. The molecule has 0 radical (unpaired) electrons. The number of aromatic nitrogens is 2. The van der Waals surface area contributed by atoms with Gasteiger partial charge in [-0.3, -0.25) is 25.1 Å². The third-order valence-corrected chi connectivity index (χ3v) is 8.63. The van der Waals surface area contributed by atoms with Gasteiger partial charge in [-0.15, -0.1) is 11.3 Å². The molecule has 170 valence electrons. The van der Waals surface area contributed by atoms with Crippen LogP contribution in [0.3, 0.4) is 0 Å². The summed E-state index contributed by atoms with van der Waals surface area (Å²) in [6.45, 7) is 0.576. The van der Waals surface area contributed by atoms with Gasteiger partial charge in [0.15, 0.2) is 0 Å². The minimum Gasteiger partial charge on any atom is -0.273 e. The van der Waals surface area contributed by atoms with Crippen LogP contribution in [-0.4, -0.2) is 21.6 Å². The van der Waals surface area contributed by atoms with Crippen molar-refractivity contribution in [2.24, 2.45) is 23.2 Å². The number of hydrogen-bond donors (Lipinski definition) is 2. The number of carbonyl (C=O) groups is 2. The van der Waals surface area contributed by atoms with Crippen molar-refractivity contribution in [2.45, 2.75) is 45.1 Å². The standard InChI is InChI=1S/C26H28N4O2S/c31-24(27-28-25(32)26-12-18-9-19(13-26)11-20(10-18)14-26)21-16-30(15-17-5-2-1-3-6-17)29-23(21)22-7-4-8-33-22/h1-8,16,18-20H,9-15H2,(H,27,31)(H,28,32). The van der Waals surface area contributed by atoms with E-state index >= 15 is 0 Å². The Hall–Kier alpha value is -2.93. The Morgan fingerprint density at radius 2 is 1.67 bits per heavy atom. The Morgan fingerprint density at radius 3 is 2.30 bits per heavy atom. The molecule has 3 aromatic rings. The van der Waals surface area contributed by atoms with E-state index in [1.54, 1.807) is 22.2 Å². The number of thiophene rings is 1. The van der Waals surface area contributed by atoms with Gasteiger partial charge in [0.2, 0.25) is 5.91 Å². The van der Waals surface area contributed by atoms with E-state index in [4.69, 9.17) is 5.10 Å². The number of hydrazine groups is 1. The summed E-state index contributed by atoms with van der Waals surface area (Å²) in [7, 11) is 0. The smallest absolute Gasteiger partial charge is 0.273 e. The highest BCUT2D eigenvalue weighted by Gasteiger charge is 2.54. The maximum absolute atomic E-state index is 13.2. The lowest BCUT2D eigenvalue weighted by Crippen LogP contribution is -2.56. The lowest BCUT2D eigenvalue weighted by Gasteiger charge is -2.55. The van der Waals surface area contributed by atoms with E-state index in [2.05, 4.69) is 10.9 Å². The molecule has 0 saturated heterocycles. The van der Waals surface area contributed by atoms with Crippen molar-refractivity contribution >= 4 is 23.2 Å². The zero-order valence-electron chi connectivity index (χ0n) is 18.5. The monoisotopic (exact) mass is 460 g/mol. The predicted octanol–water partition coefficient (Wildman–Crippen LogP) is 4.64. The number of rotatable bonds is 5. The fraction of sp³-hybridized carbons (Fsp3) is 0.423. The molecule has 7 heteroatoms. The van der Waals surface area contributed by atoms with E-state index in [-0.39, 0.29) is 17.2 Å². The summed E-state index contributed by atoms with van der Waals surface area (Å²) in [6.07, 6.45) is 8.52. The molecule has 4 aliphatic carbocycles. The molecule has 4 fully saturated rings. The van der Waals surface area contributed by atoms with E-state index in [0.29, 0.717) is 35.6 Å². The largest absolute Gasteiger partial charge is 0.273 e. The van der Waals surface area contributed by atoms with Crippen molar-refractivity contribution in [2.75, 3.05) is 0 Å². The van der Waals surface area contributed by atoms with E-state index in [1.807, 2.05) is 47.8 Å². The quantitative estimate of drug-likeness (QED) is 0.545. The van der Waals surface area contributed by atoms with Crippen LogP contribution in [0.5, 0.6) is 0 Å². The van der Waals surface area contributed by atoms with Gasteiger partial charge in [0.1, 0.15) is 5.69 Å². The average Bonchev–Trinajstić information content (AvgIpc) is 3.47. The normalized spacial score (nSPS) is 27.5. The molecule has 4 bridgehead atoms. The van der Waals surface area contributed by atoms with Gasteiger partial charge in [-0.05, 0) is 73.3 Å². The average molecular weight is 461 g/mol. The molecular weight excluding hydrogens is 432 g/mol. The molecule has 0 atom stereocenters. The summed E-state index contributed by atoms with van der Waals surface area (Å²) < 4.78 is 1.79. The van der Waals surface area contributed by atoms with E-state index in [0.717, 1.165) is 29.7 Å². The van der Waals surface area contributed by atoms with Crippen molar-refractivity contribution in [3.8, 4) is 10.6 Å². The molecule has 4 aliphatic rings. The summed E-state index contributed by atoms with van der Waals surface area (Å²) in [6, 6.07) is 14.0. The van der Waals surface area contributed by atoms with Crippen molar-refractivity contribution in [3.05, 3.63) is 65.2 Å². The number of benzene rings is 1. The first-order chi connectivity index (χ1) is 16.1. The van der Waals surface area contributed by atoms with Crippen LogP contribution in [0, 0.1) is 23.2 Å². The molecule has 2 amide bonds. The molecule has 6 nitrogen and oxygen atoms in total. The Labute approximate surface area is 197 Å². The van der Waals surface area contributed by atoms with Crippen LogP contribution in [-0.2, 0) is 11.3 Å². The first-order valence-corrected chi connectivity index (χ1v) is 12.7. The summed E-state index contributed by atoms with van der Waals surface area (Å²) in [4.78, 5) is 27.4. The Kier molecular flexibility index (Phi) is 5.09. The summed E-state index contributed by atoms with van der Waals surface area (Å²) >= 11 is 1.55. The van der Waals surface area contributed by atoms with Crippen LogP contribution in [0.1, 0.15) is 54.4 Å². The second-order valence-corrected chi connectivity index (χ2v) is 11.1. The van der Waals surface area contributed by atoms with Gasteiger partial charge < -0.3 is 0 Å². The van der Waals surface area contributed by atoms with Crippen molar-refractivity contribution in [1.29, 1.82) is 0 Å². The molecule has 4 saturated carbocycles. The number of carbonyl (C=O) groups excluding carboxylic acids is 2. The minimum atomic E-state index is -0.323. The second-order valence-electron chi connectivity index (χ2n) is 10.2. The van der Waals surface area contributed by atoms with Crippen LogP contribution < -0.4 is 10.9 Å².